The van der Waals surface area contributed by atoms with Gasteiger partial charge >= 0.3 is 0 Å². The number of anilines is 1. The third kappa shape index (κ3) is 3.13. The molecule has 0 unspecified atom stereocenters. The van der Waals surface area contributed by atoms with Crippen molar-refractivity contribution in [1.29, 1.82) is 0 Å². The van der Waals surface area contributed by atoms with Gasteiger partial charge in [-0.15, -0.1) is 0 Å². The van der Waals surface area contributed by atoms with E-state index >= 15 is 0 Å². The van der Waals surface area contributed by atoms with Gasteiger partial charge in [0.1, 0.15) is 17.6 Å². The lowest BCUT2D eigenvalue weighted by Crippen LogP contribution is -2.27. The summed E-state index contributed by atoms with van der Waals surface area (Å²) in [6, 6.07) is 12.1. The van der Waals surface area contributed by atoms with E-state index in [1.165, 1.54) is 25.3 Å². The van der Waals surface area contributed by atoms with Crippen molar-refractivity contribution in [2.45, 2.75) is 6.04 Å². The van der Waals surface area contributed by atoms with Crippen LogP contribution in [0.15, 0.2) is 48.5 Å². The molecule has 0 aliphatic carbocycles. The van der Waals surface area contributed by atoms with E-state index in [0.717, 1.165) is 0 Å². The van der Waals surface area contributed by atoms with E-state index in [0.29, 0.717) is 11.3 Å². The fourth-order valence-corrected chi connectivity index (χ4v) is 1.79. The maximum absolute atomic E-state index is 13.1. The van der Waals surface area contributed by atoms with Gasteiger partial charge in [-0.1, -0.05) is 30.3 Å². The zero-order valence-electron chi connectivity index (χ0n) is 11.0. The van der Waals surface area contributed by atoms with Crippen LogP contribution >= 0.6 is 0 Å². The Bertz CT molecular complexity index is 602. The first-order valence-electron chi connectivity index (χ1n) is 6.06. The Kier molecular flexibility index (Phi) is 4.32. The Hall–Kier alpha value is -2.40. The lowest BCUT2D eigenvalue weighted by atomic mass is 10.1. The molecule has 0 spiro atoms. The van der Waals surface area contributed by atoms with Gasteiger partial charge in [-0.25, -0.2) is 4.39 Å². The van der Waals surface area contributed by atoms with Crippen molar-refractivity contribution < 1.29 is 13.9 Å². The largest absolute Gasteiger partial charge is 0.494 e. The van der Waals surface area contributed by atoms with Crippen molar-refractivity contribution >= 4 is 11.6 Å². The molecule has 5 heteroatoms. The average Bonchev–Trinajstić information content (AvgIpc) is 2.49. The van der Waals surface area contributed by atoms with E-state index in [-0.39, 0.29) is 11.7 Å². The lowest BCUT2D eigenvalue weighted by Gasteiger charge is -2.14. The van der Waals surface area contributed by atoms with Crippen LogP contribution in [0.1, 0.15) is 11.6 Å². The topological polar surface area (TPSA) is 64.3 Å². The first-order chi connectivity index (χ1) is 9.61. The summed E-state index contributed by atoms with van der Waals surface area (Å²) in [6.07, 6.45) is 0. The number of nitrogens with one attached hydrogen (secondary N) is 1. The molecular formula is C15H15FN2O2. The van der Waals surface area contributed by atoms with Crippen molar-refractivity contribution in [3.05, 3.63) is 59.9 Å². The molecule has 0 heterocycles. The van der Waals surface area contributed by atoms with Gasteiger partial charge in [-0.05, 0) is 17.7 Å². The van der Waals surface area contributed by atoms with Gasteiger partial charge in [-0.2, -0.15) is 0 Å². The number of benzene rings is 2. The summed E-state index contributed by atoms with van der Waals surface area (Å²) < 4.78 is 18.1. The molecule has 0 fully saturated rings. The third-order valence-electron chi connectivity index (χ3n) is 2.86. The minimum Gasteiger partial charge on any atom is -0.494 e. The summed E-state index contributed by atoms with van der Waals surface area (Å²) in [5.41, 5.74) is 6.96. The number of carbonyl (C=O) groups is 1. The molecule has 0 aliphatic rings. The number of hydrogen-bond donors (Lipinski definition) is 2. The van der Waals surface area contributed by atoms with Crippen LogP contribution in [0.4, 0.5) is 10.1 Å². The number of methoxy groups -OCH3 is 1. The van der Waals surface area contributed by atoms with E-state index in [1.807, 2.05) is 6.07 Å². The molecule has 0 saturated heterocycles. The molecule has 3 N–H and O–H groups in total. The Morgan fingerprint density at radius 2 is 1.95 bits per heavy atom. The van der Waals surface area contributed by atoms with Crippen LogP contribution in [0.25, 0.3) is 0 Å². The molecule has 0 bridgehead atoms. The number of hydrogen-bond acceptors (Lipinski definition) is 3. The van der Waals surface area contributed by atoms with Crippen LogP contribution in [0.2, 0.25) is 0 Å². The molecule has 1 atom stereocenters. The lowest BCUT2D eigenvalue weighted by molar-refractivity contribution is -0.117. The van der Waals surface area contributed by atoms with Crippen LogP contribution in [0.5, 0.6) is 5.75 Å². The van der Waals surface area contributed by atoms with E-state index in [9.17, 15) is 9.18 Å². The fraction of sp³-hybridized carbons (Fsp3) is 0.133. The SMILES string of the molecule is COc1cc(F)ccc1NC(=O)[C@H](N)c1ccccc1. The molecule has 2 rings (SSSR count). The number of halogens is 1. The molecule has 1 amide bonds. The van der Waals surface area contributed by atoms with Crippen molar-refractivity contribution in [2.75, 3.05) is 12.4 Å². The Morgan fingerprint density at radius 1 is 1.25 bits per heavy atom. The highest BCUT2D eigenvalue weighted by Gasteiger charge is 2.17. The van der Waals surface area contributed by atoms with E-state index < -0.39 is 11.9 Å². The standard InChI is InChI=1S/C15H15FN2O2/c1-20-13-9-11(16)7-8-12(13)18-15(19)14(17)10-5-3-2-4-6-10/h2-9,14H,17H2,1H3,(H,18,19)/t14-/m1/s1. The molecule has 0 radical (unpaired) electrons. The highest BCUT2D eigenvalue weighted by Crippen LogP contribution is 2.25. The summed E-state index contributed by atoms with van der Waals surface area (Å²) in [6.45, 7) is 0. The number of amides is 1. The summed E-state index contributed by atoms with van der Waals surface area (Å²) in [5.74, 6) is -0.577. The molecule has 104 valence electrons. The van der Waals surface area contributed by atoms with Crippen LogP contribution in [0.3, 0.4) is 0 Å². The quantitative estimate of drug-likeness (QED) is 0.900. The van der Waals surface area contributed by atoms with E-state index in [2.05, 4.69) is 5.32 Å². The Balaban J connectivity index is 2.16. The van der Waals surface area contributed by atoms with Gasteiger partial charge < -0.3 is 15.8 Å². The predicted molar refractivity (Wildman–Crippen MR) is 75.0 cm³/mol. The molecule has 0 aliphatic heterocycles. The molecule has 20 heavy (non-hydrogen) atoms. The zero-order chi connectivity index (χ0) is 14.5. The molecular weight excluding hydrogens is 259 g/mol. The van der Waals surface area contributed by atoms with Gasteiger partial charge in [-0.3, -0.25) is 4.79 Å². The maximum Gasteiger partial charge on any atom is 0.245 e. The number of carbonyl (C=O) groups excluding carboxylic acids is 1. The van der Waals surface area contributed by atoms with Crippen molar-refractivity contribution in [1.82, 2.24) is 0 Å². The second kappa shape index (κ2) is 6.16. The van der Waals surface area contributed by atoms with E-state index in [1.54, 1.807) is 24.3 Å². The number of rotatable bonds is 4. The van der Waals surface area contributed by atoms with Gasteiger partial charge in [0, 0.05) is 6.07 Å². The Morgan fingerprint density at radius 3 is 2.60 bits per heavy atom. The number of nitrogens with two attached hydrogens (primary N) is 1. The van der Waals surface area contributed by atoms with Gasteiger partial charge in [0.25, 0.3) is 0 Å². The first-order valence-corrected chi connectivity index (χ1v) is 6.06. The van der Waals surface area contributed by atoms with Crippen LogP contribution in [0, 0.1) is 5.82 Å². The maximum atomic E-state index is 13.1. The molecule has 2 aromatic rings. The summed E-state index contributed by atoms with van der Waals surface area (Å²) in [7, 11) is 1.40. The second-order valence-electron chi connectivity index (χ2n) is 4.22. The highest BCUT2D eigenvalue weighted by atomic mass is 19.1. The highest BCUT2D eigenvalue weighted by molar-refractivity contribution is 5.96. The monoisotopic (exact) mass is 274 g/mol. The van der Waals surface area contributed by atoms with Crippen LogP contribution < -0.4 is 15.8 Å². The summed E-state index contributed by atoms with van der Waals surface area (Å²) >= 11 is 0. The summed E-state index contributed by atoms with van der Waals surface area (Å²) in [5, 5.41) is 2.63. The minimum absolute atomic E-state index is 0.249. The van der Waals surface area contributed by atoms with Crippen LogP contribution in [-0.4, -0.2) is 13.0 Å². The van der Waals surface area contributed by atoms with Crippen molar-refractivity contribution in [2.24, 2.45) is 5.73 Å². The van der Waals surface area contributed by atoms with Crippen LogP contribution in [-0.2, 0) is 4.79 Å². The second-order valence-corrected chi connectivity index (χ2v) is 4.22. The Labute approximate surface area is 116 Å². The average molecular weight is 274 g/mol. The fourth-order valence-electron chi connectivity index (χ4n) is 1.79. The molecule has 4 nitrogen and oxygen atoms in total. The molecule has 2 aromatic carbocycles. The predicted octanol–water partition coefficient (Wildman–Crippen LogP) is 2.47. The van der Waals surface area contributed by atoms with Gasteiger partial charge in [0.15, 0.2) is 0 Å². The summed E-state index contributed by atoms with van der Waals surface area (Å²) in [4.78, 5) is 12.1. The third-order valence-corrected chi connectivity index (χ3v) is 2.86. The first kappa shape index (κ1) is 14.0. The molecule has 0 saturated carbocycles. The van der Waals surface area contributed by atoms with Gasteiger partial charge in [0.05, 0.1) is 12.8 Å². The van der Waals surface area contributed by atoms with Crippen molar-refractivity contribution in [3.63, 3.8) is 0 Å². The zero-order valence-corrected chi connectivity index (χ0v) is 11.0. The van der Waals surface area contributed by atoms with Gasteiger partial charge in [0.2, 0.25) is 5.91 Å². The smallest absolute Gasteiger partial charge is 0.245 e. The minimum atomic E-state index is -0.800. The van der Waals surface area contributed by atoms with Crippen molar-refractivity contribution in [3.8, 4) is 5.75 Å². The normalized spacial score (nSPS) is 11.8. The van der Waals surface area contributed by atoms with E-state index in [4.69, 9.17) is 10.5 Å². The number of ether oxygens (including phenoxy) is 1. The molecule has 0 aromatic heterocycles.